The summed E-state index contributed by atoms with van der Waals surface area (Å²) >= 11 is 0. The molecule has 12 unspecified atom stereocenters. The molecule has 0 aromatic carbocycles. The molecule has 2 saturated heterocycles. The van der Waals surface area contributed by atoms with E-state index in [9.17, 15) is 45.6 Å². The molecule has 14 heteroatoms. The number of carbonyl (C=O) groups excluding carboxylic acids is 1. The first kappa shape index (κ1) is 68.8. The van der Waals surface area contributed by atoms with Gasteiger partial charge in [0, 0.05) is 6.42 Å². The average Bonchev–Trinajstić information content (AvgIpc) is 3.41. The van der Waals surface area contributed by atoms with E-state index in [0.717, 1.165) is 51.4 Å². The highest BCUT2D eigenvalue weighted by molar-refractivity contribution is 5.77. The SMILES string of the molecule is CC/C=C\C/C=C\C/C=C\C/C=C\C/C=C\CC(=O)NC(COC1OC(CO)C(OC2OC(CO)C(O)C(O)C2O)C(O)C1O)C(O)CCCCCCCCCCCCCCCCCCCCCCCCCCCC. The quantitative estimate of drug-likeness (QED) is 0.0204. The summed E-state index contributed by atoms with van der Waals surface area (Å²) in [6, 6.07) is -0.886. The second kappa shape index (κ2) is 46.6. The number of hydrogen-bond donors (Lipinski definition) is 9. The fourth-order valence-corrected chi connectivity index (χ4v) is 9.72. The number of carbonyl (C=O) groups is 1. The lowest BCUT2D eigenvalue weighted by Crippen LogP contribution is -2.65. The van der Waals surface area contributed by atoms with E-state index in [0.29, 0.717) is 12.8 Å². The first-order valence-electron chi connectivity index (χ1n) is 30.0. The molecule has 9 N–H and O–H groups in total. The number of aliphatic hydroxyl groups is 8. The molecule has 2 aliphatic heterocycles. The molecule has 2 heterocycles. The summed E-state index contributed by atoms with van der Waals surface area (Å²) in [5.41, 5.74) is 0. The van der Waals surface area contributed by atoms with Gasteiger partial charge in [-0.2, -0.15) is 0 Å². The van der Waals surface area contributed by atoms with Gasteiger partial charge in [0.2, 0.25) is 5.91 Å². The van der Waals surface area contributed by atoms with Crippen LogP contribution in [0.5, 0.6) is 0 Å². The monoisotopic (exact) mass is 1060 g/mol. The fraction of sp³-hybridized carbons (Fsp3) is 0.820. The number of allylic oxidation sites excluding steroid dienone is 9. The Morgan fingerprint density at radius 2 is 0.867 bits per heavy atom. The van der Waals surface area contributed by atoms with Crippen molar-refractivity contribution >= 4 is 5.91 Å². The van der Waals surface area contributed by atoms with Crippen molar-refractivity contribution in [3.8, 4) is 0 Å². The number of unbranched alkanes of at least 4 members (excludes halogenated alkanes) is 25. The highest BCUT2D eigenvalue weighted by Gasteiger charge is 2.51. The normalized spacial score (nSPS) is 25.5. The summed E-state index contributed by atoms with van der Waals surface area (Å²) in [6.45, 7) is 2.69. The molecule has 0 spiro atoms. The van der Waals surface area contributed by atoms with E-state index in [1.54, 1.807) is 6.08 Å². The molecule has 436 valence electrons. The number of hydrogen-bond acceptors (Lipinski definition) is 13. The lowest BCUT2D eigenvalue weighted by Gasteiger charge is -2.46. The molecule has 0 aromatic rings. The summed E-state index contributed by atoms with van der Waals surface area (Å²) in [4.78, 5) is 13.2. The molecule has 0 bridgehead atoms. The van der Waals surface area contributed by atoms with Crippen LogP contribution in [0.15, 0.2) is 60.8 Å². The third-order valence-electron chi connectivity index (χ3n) is 14.5. The van der Waals surface area contributed by atoms with Gasteiger partial charge in [-0.25, -0.2) is 0 Å². The second-order valence-electron chi connectivity index (χ2n) is 21.1. The Hall–Kier alpha value is -2.31. The van der Waals surface area contributed by atoms with E-state index in [4.69, 9.17) is 18.9 Å². The van der Waals surface area contributed by atoms with E-state index in [2.05, 4.69) is 61.7 Å². The molecule has 0 aromatic heterocycles. The van der Waals surface area contributed by atoms with Crippen LogP contribution in [-0.2, 0) is 23.7 Å². The predicted octanol–water partition coefficient (Wildman–Crippen LogP) is 10.2. The van der Waals surface area contributed by atoms with Gasteiger partial charge >= 0.3 is 0 Å². The first-order chi connectivity index (χ1) is 36.6. The smallest absolute Gasteiger partial charge is 0.224 e. The van der Waals surface area contributed by atoms with Gasteiger partial charge in [0.05, 0.1) is 32.0 Å². The Balaban J connectivity index is 1.74. The Morgan fingerprint density at radius 3 is 1.29 bits per heavy atom. The van der Waals surface area contributed by atoms with Crippen LogP contribution < -0.4 is 5.32 Å². The lowest BCUT2D eigenvalue weighted by atomic mass is 9.97. The van der Waals surface area contributed by atoms with Crippen molar-refractivity contribution in [2.24, 2.45) is 0 Å². The number of amides is 1. The zero-order valence-corrected chi connectivity index (χ0v) is 46.8. The number of aliphatic hydroxyl groups excluding tert-OH is 8. The van der Waals surface area contributed by atoms with Crippen molar-refractivity contribution in [1.29, 1.82) is 0 Å². The molecule has 1 amide bonds. The first-order valence-corrected chi connectivity index (χ1v) is 30.0. The molecule has 0 radical (unpaired) electrons. The Bertz CT molecular complexity index is 1490. The van der Waals surface area contributed by atoms with Crippen molar-refractivity contribution in [3.05, 3.63) is 60.8 Å². The van der Waals surface area contributed by atoms with E-state index in [-0.39, 0.29) is 18.9 Å². The second-order valence-corrected chi connectivity index (χ2v) is 21.1. The maximum absolute atomic E-state index is 13.2. The molecule has 2 aliphatic rings. The van der Waals surface area contributed by atoms with E-state index in [1.165, 1.54) is 141 Å². The molecular weight excluding hydrogens is 955 g/mol. The van der Waals surface area contributed by atoms with Gasteiger partial charge in [0.15, 0.2) is 12.6 Å². The minimum absolute atomic E-state index is 0.0705. The molecule has 14 nitrogen and oxygen atoms in total. The largest absolute Gasteiger partial charge is 0.394 e. The van der Waals surface area contributed by atoms with Crippen molar-refractivity contribution in [2.75, 3.05) is 19.8 Å². The predicted molar refractivity (Wildman–Crippen MR) is 300 cm³/mol. The highest BCUT2D eigenvalue weighted by Crippen LogP contribution is 2.30. The van der Waals surface area contributed by atoms with E-state index >= 15 is 0 Å². The third kappa shape index (κ3) is 32.4. The fourth-order valence-electron chi connectivity index (χ4n) is 9.72. The number of rotatable bonds is 47. The van der Waals surface area contributed by atoms with E-state index < -0.39 is 86.8 Å². The van der Waals surface area contributed by atoms with Crippen LogP contribution in [0.25, 0.3) is 0 Å². The highest BCUT2D eigenvalue weighted by atomic mass is 16.7. The van der Waals surface area contributed by atoms with Crippen LogP contribution in [0.2, 0.25) is 0 Å². The number of nitrogens with one attached hydrogen (secondary N) is 1. The summed E-state index contributed by atoms with van der Waals surface area (Å²) < 4.78 is 22.8. The van der Waals surface area contributed by atoms with E-state index in [1.807, 2.05) is 12.2 Å². The third-order valence-corrected chi connectivity index (χ3v) is 14.5. The van der Waals surface area contributed by atoms with Gasteiger partial charge in [-0.05, 0) is 38.5 Å². The van der Waals surface area contributed by atoms with Crippen LogP contribution in [0.1, 0.15) is 226 Å². The summed E-state index contributed by atoms with van der Waals surface area (Å²) in [5, 5.41) is 87.1. The van der Waals surface area contributed by atoms with Crippen LogP contribution in [0.4, 0.5) is 0 Å². The molecule has 0 saturated carbocycles. The molecule has 75 heavy (non-hydrogen) atoms. The lowest BCUT2D eigenvalue weighted by molar-refractivity contribution is -0.359. The Morgan fingerprint density at radius 1 is 0.480 bits per heavy atom. The maximum atomic E-state index is 13.2. The number of ether oxygens (including phenoxy) is 4. The van der Waals surface area contributed by atoms with Crippen LogP contribution in [-0.4, -0.2) is 140 Å². The van der Waals surface area contributed by atoms with Crippen LogP contribution in [0, 0.1) is 0 Å². The van der Waals surface area contributed by atoms with Crippen molar-refractivity contribution in [3.63, 3.8) is 0 Å². The summed E-state index contributed by atoms with van der Waals surface area (Å²) in [5.74, 6) is -0.333. The van der Waals surface area contributed by atoms with Crippen LogP contribution >= 0.6 is 0 Å². The average molecular weight is 1060 g/mol. The molecule has 12 atom stereocenters. The van der Waals surface area contributed by atoms with Crippen molar-refractivity contribution in [1.82, 2.24) is 5.32 Å². The summed E-state index contributed by atoms with van der Waals surface area (Å²) in [6.07, 6.45) is 42.6. The molecule has 2 fully saturated rings. The zero-order valence-electron chi connectivity index (χ0n) is 46.8. The Kier molecular flexibility index (Phi) is 42.7. The Labute approximate surface area is 454 Å². The molecular formula is C61H109NO13. The van der Waals surface area contributed by atoms with Gasteiger partial charge < -0.3 is 65.1 Å². The van der Waals surface area contributed by atoms with Gasteiger partial charge in [0.1, 0.15) is 48.8 Å². The molecule has 2 rings (SSSR count). The zero-order chi connectivity index (χ0) is 54.6. The van der Waals surface area contributed by atoms with Crippen molar-refractivity contribution < 1.29 is 64.6 Å². The summed E-state index contributed by atoms with van der Waals surface area (Å²) in [7, 11) is 0. The molecule has 0 aliphatic carbocycles. The minimum atomic E-state index is -1.79. The van der Waals surface area contributed by atoms with Gasteiger partial charge in [-0.15, -0.1) is 0 Å². The van der Waals surface area contributed by atoms with Crippen LogP contribution in [0.3, 0.4) is 0 Å². The van der Waals surface area contributed by atoms with Gasteiger partial charge in [0.25, 0.3) is 0 Å². The van der Waals surface area contributed by atoms with Crippen molar-refractivity contribution in [2.45, 2.75) is 299 Å². The topological polar surface area (TPSA) is 228 Å². The standard InChI is InChI=1S/C61H109NO13/c1-3-5-7-9-11-13-15-17-19-20-21-22-23-24-25-26-27-28-29-31-32-34-36-38-40-42-44-50(65)49(62-53(66)45-43-41-39-37-35-33-30-18-16-14-12-10-8-6-4-2)48-72-60-58(71)56(69)59(52(47-64)74-60)75-61-57(70)55(68)54(67)51(46-63)73-61/h6,8,12,14,18,30,35,37,41,43,49-52,54-61,63-65,67-71H,3-5,7,9-11,13,15-17,19-29,31-34,36,38-40,42,44-48H2,1-2H3,(H,62,66)/b8-6-,14-12-,30-18-,37-35-,43-41-. The maximum Gasteiger partial charge on any atom is 0.224 e. The minimum Gasteiger partial charge on any atom is -0.394 e. The van der Waals surface area contributed by atoms with Gasteiger partial charge in [-0.1, -0.05) is 242 Å². The van der Waals surface area contributed by atoms with Gasteiger partial charge in [-0.3, -0.25) is 4.79 Å².